The van der Waals surface area contributed by atoms with Crippen molar-refractivity contribution in [2.45, 2.75) is 0 Å². The normalized spacial score (nSPS) is 11.0. The Morgan fingerprint density at radius 3 is 2.00 bits per heavy atom. The fourth-order valence-corrected chi connectivity index (χ4v) is 1.67. The van der Waals surface area contributed by atoms with Gasteiger partial charge in [0.15, 0.2) is 0 Å². The molecule has 4 heteroatoms. The lowest BCUT2D eigenvalue weighted by Gasteiger charge is -2.02. The second-order valence-corrected chi connectivity index (χ2v) is 4.21. The first-order chi connectivity index (χ1) is 10.3. The third-order valence-electron chi connectivity index (χ3n) is 2.82. The molecular formula is C17H18N2O2. The molecule has 0 aromatic heterocycles. The van der Waals surface area contributed by atoms with Crippen LogP contribution in [0.5, 0.6) is 11.5 Å². The number of nitrogens with one attached hydrogen (secondary N) is 1. The SMILES string of the molecule is COc1ccc(/N=C/C=C/Nc2ccc(OC)cc2)cc1. The van der Waals surface area contributed by atoms with Gasteiger partial charge in [0.1, 0.15) is 11.5 Å². The Morgan fingerprint density at radius 1 is 0.857 bits per heavy atom. The van der Waals surface area contributed by atoms with Gasteiger partial charge in [0.05, 0.1) is 19.9 Å². The van der Waals surface area contributed by atoms with Crippen molar-refractivity contribution < 1.29 is 9.47 Å². The molecule has 0 aliphatic heterocycles. The summed E-state index contributed by atoms with van der Waals surface area (Å²) in [5.74, 6) is 1.66. The Hall–Kier alpha value is -2.75. The molecule has 2 aromatic rings. The van der Waals surface area contributed by atoms with Gasteiger partial charge in [-0.1, -0.05) is 0 Å². The molecule has 0 unspecified atom stereocenters. The second-order valence-electron chi connectivity index (χ2n) is 4.21. The molecule has 1 N–H and O–H groups in total. The monoisotopic (exact) mass is 282 g/mol. The number of nitrogens with zero attached hydrogens (tertiary/aromatic N) is 1. The molecule has 0 atom stereocenters. The Bertz CT molecular complexity index is 602. The van der Waals surface area contributed by atoms with Crippen LogP contribution in [-0.2, 0) is 0 Å². The Morgan fingerprint density at radius 2 is 1.43 bits per heavy atom. The van der Waals surface area contributed by atoms with Crippen LogP contribution >= 0.6 is 0 Å². The zero-order valence-electron chi connectivity index (χ0n) is 12.1. The lowest BCUT2D eigenvalue weighted by atomic mass is 10.3. The summed E-state index contributed by atoms with van der Waals surface area (Å²) in [6.45, 7) is 0. The number of aliphatic imine (C=N–C) groups is 1. The third kappa shape index (κ3) is 4.69. The molecule has 21 heavy (non-hydrogen) atoms. The molecule has 0 fully saturated rings. The van der Waals surface area contributed by atoms with Crippen molar-refractivity contribution in [1.29, 1.82) is 0 Å². The molecule has 0 bridgehead atoms. The van der Waals surface area contributed by atoms with Crippen LogP contribution < -0.4 is 14.8 Å². The molecule has 0 aliphatic rings. The van der Waals surface area contributed by atoms with Crippen molar-refractivity contribution in [2.75, 3.05) is 19.5 Å². The van der Waals surface area contributed by atoms with Crippen LogP contribution in [0.25, 0.3) is 0 Å². The largest absolute Gasteiger partial charge is 0.497 e. The lowest BCUT2D eigenvalue weighted by Crippen LogP contribution is -1.88. The minimum Gasteiger partial charge on any atom is -0.497 e. The first-order valence-electron chi connectivity index (χ1n) is 6.55. The molecule has 2 aromatic carbocycles. The summed E-state index contributed by atoms with van der Waals surface area (Å²) in [4.78, 5) is 4.31. The fraction of sp³-hybridized carbons (Fsp3) is 0.118. The van der Waals surface area contributed by atoms with Gasteiger partial charge in [0.2, 0.25) is 0 Å². The fourth-order valence-electron chi connectivity index (χ4n) is 1.67. The van der Waals surface area contributed by atoms with Crippen LogP contribution in [0.3, 0.4) is 0 Å². The van der Waals surface area contributed by atoms with Crippen LogP contribution in [0, 0.1) is 0 Å². The van der Waals surface area contributed by atoms with Crippen LogP contribution in [0.4, 0.5) is 11.4 Å². The number of benzene rings is 2. The van der Waals surface area contributed by atoms with E-state index in [1.807, 2.05) is 60.8 Å². The van der Waals surface area contributed by atoms with Crippen molar-refractivity contribution in [3.63, 3.8) is 0 Å². The molecule has 0 aliphatic carbocycles. The molecule has 2 rings (SSSR count). The maximum Gasteiger partial charge on any atom is 0.119 e. The topological polar surface area (TPSA) is 42.8 Å². The molecule has 0 saturated heterocycles. The van der Waals surface area contributed by atoms with Gasteiger partial charge in [-0.25, -0.2) is 0 Å². The van der Waals surface area contributed by atoms with Gasteiger partial charge < -0.3 is 14.8 Å². The quantitative estimate of drug-likeness (QED) is 0.813. The Kier molecular flexibility index (Phi) is 5.41. The lowest BCUT2D eigenvalue weighted by molar-refractivity contribution is 0.415. The first-order valence-corrected chi connectivity index (χ1v) is 6.55. The first kappa shape index (κ1) is 14.7. The summed E-state index contributed by atoms with van der Waals surface area (Å²) >= 11 is 0. The van der Waals surface area contributed by atoms with Crippen molar-refractivity contribution in [3.8, 4) is 11.5 Å². The molecule has 0 spiro atoms. The van der Waals surface area contributed by atoms with E-state index in [9.17, 15) is 0 Å². The maximum absolute atomic E-state index is 5.10. The number of hydrogen-bond donors (Lipinski definition) is 1. The maximum atomic E-state index is 5.10. The minimum absolute atomic E-state index is 0.825. The van der Waals surface area contributed by atoms with Gasteiger partial charge in [-0.15, -0.1) is 0 Å². The van der Waals surface area contributed by atoms with E-state index in [4.69, 9.17) is 9.47 Å². The minimum atomic E-state index is 0.825. The molecule has 108 valence electrons. The average Bonchev–Trinajstić information content (AvgIpc) is 2.55. The zero-order chi connectivity index (χ0) is 14.9. The van der Waals surface area contributed by atoms with E-state index >= 15 is 0 Å². The van der Waals surface area contributed by atoms with Crippen LogP contribution in [-0.4, -0.2) is 20.4 Å². The van der Waals surface area contributed by atoms with E-state index in [2.05, 4.69) is 10.3 Å². The number of methoxy groups -OCH3 is 2. The number of ether oxygens (including phenoxy) is 2. The highest BCUT2D eigenvalue weighted by Crippen LogP contribution is 2.17. The van der Waals surface area contributed by atoms with E-state index in [0.29, 0.717) is 0 Å². The summed E-state index contributed by atoms with van der Waals surface area (Å²) < 4.78 is 10.2. The Balaban J connectivity index is 1.84. The van der Waals surface area contributed by atoms with Crippen LogP contribution in [0.2, 0.25) is 0 Å². The van der Waals surface area contributed by atoms with Gasteiger partial charge in [-0.2, -0.15) is 0 Å². The summed E-state index contributed by atoms with van der Waals surface area (Å²) in [5, 5.41) is 3.15. The summed E-state index contributed by atoms with van der Waals surface area (Å²) in [7, 11) is 3.30. The summed E-state index contributed by atoms with van der Waals surface area (Å²) in [5.41, 5.74) is 1.87. The molecule has 0 amide bonds. The van der Waals surface area contributed by atoms with Gasteiger partial charge in [-0.3, -0.25) is 4.99 Å². The number of allylic oxidation sites excluding steroid dienone is 1. The zero-order valence-corrected chi connectivity index (χ0v) is 12.1. The van der Waals surface area contributed by atoms with Gasteiger partial charge in [0.25, 0.3) is 0 Å². The molecule has 4 nitrogen and oxygen atoms in total. The molecule has 0 radical (unpaired) electrons. The van der Waals surface area contributed by atoms with Gasteiger partial charge >= 0.3 is 0 Å². The number of anilines is 1. The van der Waals surface area contributed by atoms with E-state index in [1.165, 1.54) is 0 Å². The van der Waals surface area contributed by atoms with Crippen LogP contribution in [0.1, 0.15) is 0 Å². The third-order valence-corrected chi connectivity index (χ3v) is 2.82. The summed E-state index contributed by atoms with van der Waals surface area (Å²) in [6.07, 6.45) is 5.40. The average molecular weight is 282 g/mol. The highest BCUT2D eigenvalue weighted by Gasteiger charge is 1.91. The van der Waals surface area contributed by atoms with Crippen molar-refractivity contribution in [2.24, 2.45) is 4.99 Å². The van der Waals surface area contributed by atoms with Gasteiger partial charge in [-0.05, 0) is 54.6 Å². The molecular weight excluding hydrogens is 264 g/mol. The van der Waals surface area contributed by atoms with Crippen LogP contribution in [0.15, 0.2) is 65.8 Å². The highest BCUT2D eigenvalue weighted by atomic mass is 16.5. The van der Waals surface area contributed by atoms with Crippen molar-refractivity contribution in [1.82, 2.24) is 0 Å². The number of hydrogen-bond acceptors (Lipinski definition) is 4. The predicted octanol–water partition coefficient (Wildman–Crippen LogP) is 4.03. The van der Waals surface area contributed by atoms with Crippen molar-refractivity contribution in [3.05, 3.63) is 60.8 Å². The smallest absolute Gasteiger partial charge is 0.119 e. The van der Waals surface area contributed by atoms with E-state index < -0.39 is 0 Å². The van der Waals surface area contributed by atoms with Gasteiger partial charge in [0, 0.05) is 18.1 Å². The van der Waals surface area contributed by atoms with E-state index in [1.54, 1.807) is 20.4 Å². The standard InChI is InChI=1S/C17H18N2O2/c1-20-16-8-4-14(5-9-16)18-12-3-13-19-15-6-10-17(21-2)11-7-15/h3-13,18H,1-2H3/b12-3+,19-13+. The second kappa shape index (κ2) is 7.75. The van der Waals surface area contributed by atoms with E-state index in [0.717, 1.165) is 22.9 Å². The molecule has 0 heterocycles. The Labute approximate surface area is 124 Å². The highest BCUT2D eigenvalue weighted by molar-refractivity contribution is 5.75. The number of rotatable bonds is 6. The van der Waals surface area contributed by atoms with Crippen molar-refractivity contribution >= 4 is 17.6 Å². The summed E-state index contributed by atoms with van der Waals surface area (Å²) in [6, 6.07) is 15.3. The molecule has 0 saturated carbocycles. The predicted molar refractivity (Wildman–Crippen MR) is 86.9 cm³/mol. The van der Waals surface area contributed by atoms with E-state index in [-0.39, 0.29) is 0 Å².